The fourth-order valence-corrected chi connectivity index (χ4v) is 1.69. The van der Waals surface area contributed by atoms with Crippen LogP contribution in [0, 0.1) is 5.82 Å². The maximum Gasteiger partial charge on any atom is 0.165 e. The summed E-state index contributed by atoms with van der Waals surface area (Å²) in [5, 5.41) is 1.36. The summed E-state index contributed by atoms with van der Waals surface area (Å²) in [7, 11) is 0. The van der Waals surface area contributed by atoms with Gasteiger partial charge in [0.05, 0.1) is 6.20 Å². The van der Waals surface area contributed by atoms with Crippen molar-refractivity contribution in [3.05, 3.63) is 41.3 Å². The Hall–Kier alpha value is -1.62. The largest absolute Gasteiger partial charge is 0.483 e. The first-order valence-electron chi connectivity index (χ1n) is 4.33. The Labute approximate surface area is 90.3 Å². The average molecular weight is 224 g/mol. The van der Waals surface area contributed by atoms with Crippen molar-refractivity contribution in [1.82, 2.24) is 4.98 Å². The van der Waals surface area contributed by atoms with Gasteiger partial charge in [-0.2, -0.15) is 0 Å². The molecule has 2 aromatic rings. The SMILES string of the molecule is Nc1cnc(COc2ccccc2F)s1. The quantitative estimate of drug-likeness (QED) is 0.871. The van der Waals surface area contributed by atoms with Gasteiger partial charge < -0.3 is 10.5 Å². The molecule has 0 saturated carbocycles. The van der Waals surface area contributed by atoms with E-state index in [1.165, 1.54) is 17.4 Å². The third-order valence-corrected chi connectivity index (χ3v) is 2.56. The molecule has 0 radical (unpaired) electrons. The molecule has 0 aliphatic carbocycles. The summed E-state index contributed by atoms with van der Waals surface area (Å²) in [6.07, 6.45) is 1.56. The van der Waals surface area contributed by atoms with Crippen LogP contribution in [0.1, 0.15) is 5.01 Å². The number of nitrogens with zero attached hydrogens (tertiary/aromatic N) is 1. The van der Waals surface area contributed by atoms with Gasteiger partial charge in [-0.05, 0) is 12.1 Å². The molecule has 0 aliphatic heterocycles. The van der Waals surface area contributed by atoms with Crippen LogP contribution < -0.4 is 10.5 Å². The van der Waals surface area contributed by atoms with E-state index in [1.54, 1.807) is 24.4 Å². The minimum Gasteiger partial charge on any atom is -0.483 e. The summed E-state index contributed by atoms with van der Waals surface area (Å²) in [4.78, 5) is 4.01. The van der Waals surface area contributed by atoms with Crippen LogP contribution in [0.4, 0.5) is 9.39 Å². The molecule has 1 aromatic heterocycles. The Morgan fingerprint density at radius 2 is 2.20 bits per heavy atom. The van der Waals surface area contributed by atoms with E-state index in [1.807, 2.05) is 0 Å². The molecule has 0 fully saturated rings. The summed E-state index contributed by atoms with van der Waals surface area (Å²) in [6.45, 7) is 0.239. The number of halogens is 1. The number of nitrogens with two attached hydrogens (primary N) is 1. The third kappa shape index (κ3) is 2.44. The molecule has 15 heavy (non-hydrogen) atoms. The molecule has 5 heteroatoms. The topological polar surface area (TPSA) is 48.1 Å². The molecule has 3 nitrogen and oxygen atoms in total. The number of hydrogen-bond donors (Lipinski definition) is 1. The predicted molar refractivity (Wildman–Crippen MR) is 57.3 cm³/mol. The van der Waals surface area contributed by atoms with E-state index >= 15 is 0 Å². The lowest BCUT2D eigenvalue weighted by atomic mass is 10.3. The standard InChI is InChI=1S/C10H9FN2OS/c11-7-3-1-2-4-8(7)14-6-10-13-5-9(12)15-10/h1-5H,6,12H2. The Morgan fingerprint density at radius 3 is 2.87 bits per heavy atom. The number of anilines is 1. The number of para-hydroxylation sites is 1. The van der Waals surface area contributed by atoms with Crippen molar-refractivity contribution in [2.75, 3.05) is 5.73 Å². The highest BCUT2D eigenvalue weighted by atomic mass is 32.1. The number of nitrogen functional groups attached to an aromatic ring is 1. The van der Waals surface area contributed by atoms with Gasteiger partial charge in [0.25, 0.3) is 0 Å². The molecule has 2 rings (SSSR count). The van der Waals surface area contributed by atoms with Crippen molar-refractivity contribution in [2.24, 2.45) is 0 Å². The molecular formula is C10H9FN2OS. The molecule has 0 spiro atoms. The van der Waals surface area contributed by atoms with Crippen molar-refractivity contribution in [2.45, 2.75) is 6.61 Å². The normalized spacial score (nSPS) is 10.2. The van der Waals surface area contributed by atoms with E-state index in [0.29, 0.717) is 5.00 Å². The van der Waals surface area contributed by atoms with Gasteiger partial charge >= 0.3 is 0 Å². The zero-order chi connectivity index (χ0) is 10.7. The van der Waals surface area contributed by atoms with Crippen LogP contribution in [0.5, 0.6) is 5.75 Å². The van der Waals surface area contributed by atoms with Crippen LogP contribution in [0.3, 0.4) is 0 Å². The molecule has 1 heterocycles. The Morgan fingerprint density at radius 1 is 1.40 bits per heavy atom. The molecule has 78 valence electrons. The Kier molecular flexibility index (Phi) is 2.82. The summed E-state index contributed by atoms with van der Waals surface area (Å²) in [6, 6.07) is 6.26. The number of rotatable bonds is 3. The van der Waals surface area contributed by atoms with Crippen molar-refractivity contribution < 1.29 is 9.13 Å². The summed E-state index contributed by atoms with van der Waals surface area (Å²) >= 11 is 1.33. The summed E-state index contributed by atoms with van der Waals surface area (Å²) < 4.78 is 18.4. The number of aromatic nitrogens is 1. The second-order valence-electron chi connectivity index (χ2n) is 2.88. The highest BCUT2D eigenvalue weighted by molar-refractivity contribution is 7.15. The van der Waals surface area contributed by atoms with Crippen molar-refractivity contribution in [3.63, 3.8) is 0 Å². The molecule has 0 unspecified atom stereocenters. The fraction of sp³-hybridized carbons (Fsp3) is 0.100. The Bertz CT molecular complexity index is 458. The van der Waals surface area contributed by atoms with E-state index in [-0.39, 0.29) is 18.2 Å². The van der Waals surface area contributed by atoms with Crippen LogP contribution in [0.2, 0.25) is 0 Å². The van der Waals surface area contributed by atoms with Gasteiger partial charge in [-0.15, -0.1) is 0 Å². The van der Waals surface area contributed by atoms with Crippen LogP contribution in [0.25, 0.3) is 0 Å². The molecule has 0 saturated heterocycles. The molecule has 2 N–H and O–H groups in total. The van der Waals surface area contributed by atoms with Crippen LogP contribution in [-0.2, 0) is 6.61 Å². The first-order valence-corrected chi connectivity index (χ1v) is 5.15. The van der Waals surface area contributed by atoms with Gasteiger partial charge in [-0.1, -0.05) is 23.5 Å². The first-order chi connectivity index (χ1) is 7.25. The monoisotopic (exact) mass is 224 g/mol. The highest BCUT2D eigenvalue weighted by Crippen LogP contribution is 2.19. The second kappa shape index (κ2) is 4.27. The average Bonchev–Trinajstić information content (AvgIpc) is 2.63. The lowest BCUT2D eigenvalue weighted by molar-refractivity contribution is 0.290. The molecule has 0 aliphatic rings. The second-order valence-corrected chi connectivity index (χ2v) is 4.02. The van der Waals surface area contributed by atoms with Crippen LogP contribution in [0.15, 0.2) is 30.5 Å². The lowest BCUT2D eigenvalue weighted by Gasteiger charge is -2.03. The lowest BCUT2D eigenvalue weighted by Crippen LogP contribution is -1.96. The van der Waals surface area contributed by atoms with E-state index < -0.39 is 0 Å². The van der Waals surface area contributed by atoms with E-state index in [0.717, 1.165) is 5.01 Å². The van der Waals surface area contributed by atoms with Crippen LogP contribution >= 0.6 is 11.3 Å². The summed E-state index contributed by atoms with van der Waals surface area (Å²) in [5.74, 6) is -0.145. The molecular weight excluding hydrogens is 215 g/mol. The van der Waals surface area contributed by atoms with Gasteiger partial charge in [-0.25, -0.2) is 9.37 Å². The predicted octanol–water partition coefficient (Wildman–Crippen LogP) is 2.44. The van der Waals surface area contributed by atoms with Gasteiger partial charge in [-0.3, -0.25) is 0 Å². The molecule has 0 bridgehead atoms. The number of hydrogen-bond acceptors (Lipinski definition) is 4. The highest BCUT2D eigenvalue weighted by Gasteiger charge is 2.04. The van der Waals surface area contributed by atoms with E-state index in [2.05, 4.69) is 4.98 Å². The minimum absolute atomic E-state index is 0.228. The zero-order valence-corrected chi connectivity index (χ0v) is 8.63. The van der Waals surface area contributed by atoms with Gasteiger partial charge in [0, 0.05) is 0 Å². The number of ether oxygens (including phenoxy) is 1. The van der Waals surface area contributed by atoms with E-state index in [4.69, 9.17) is 10.5 Å². The molecule has 0 atom stereocenters. The van der Waals surface area contributed by atoms with Gasteiger partial charge in [0.1, 0.15) is 16.6 Å². The van der Waals surface area contributed by atoms with Crippen molar-refractivity contribution in [3.8, 4) is 5.75 Å². The molecule has 1 aromatic carbocycles. The fourth-order valence-electron chi connectivity index (χ4n) is 1.09. The zero-order valence-electron chi connectivity index (χ0n) is 7.81. The molecule has 0 amide bonds. The number of thiazole rings is 1. The van der Waals surface area contributed by atoms with Crippen molar-refractivity contribution in [1.29, 1.82) is 0 Å². The summed E-state index contributed by atoms with van der Waals surface area (Å²) in [5.41, 5.74) is 5.50. The Balaban J connectivity index is 2.02. The van der Waals surface area contributed by atoms with E-state index in [9.17, 15) is 4.39 Å². The minimum atomic E-state index is -0.373. The van der Waals surface area contributed by atoms with Crippen LogP contribution in [-0.4, -0.2) is 4.98 Å². The third-order valence-electron chi connectivity index (χ3n) is 1.76. The smallest absolute Gasteiger partial charge is 0.165 e. The maximum atomic E-state index is 13.1. The number of benzene rings is 1. The first kappa shape index (κ1) is 9.92. The maximum absolute atomic E-state index is 13.1. The van der Waals surface area contributed by atoms with Crippen molar-refractivity contribution >= 4 is 16.3 Å². The van der Waals surface area contributed by atoms with Gasteiger partial charge in [0.2, 0.25) is 0 Å². The van der Waals surface area contributed by atoms with Gasteiger partial charge in [0.15, 0.2) is 11.6 Å².